The Kier molecular flexibility index (Phi) is 3.41. The normalized spacial score (nSPS) is 26.7. The number of aliphatic hydroxyl groups excluding tert-OH is 1. The Morgan fingerprint density at radius 3 is 2.85 bits per heavy atom. The van der Waals surface area contributed by atoms with Crippen LogP contribution in [0.25, 0.3) is 0 Å². The van der Waals surface area contributed by atoms with E-state index in [-0.39, 0.29) is 6.61 Å². The number of hydrogen-bond acceptors (Lipinski definition) is 2. The molecule has 0 saturated carbocycles. The van der Waals surface area contributed by atoms with Crippen LogP contribution in [0, 0.1) is 0 Å². The third-order valence-corrected chi connectivity index (χ3v) is 1.74. The average Bonchev–Trinajstić information content (AvgIpc) is 2.19. The van der Waals surface area contributed by atoms with Crippen LogP contribution in [-0.4, -0.2) is 17.4 Å². The van der Waals surface area contributed by atoms with Gasteiger partial charge in [-0.15, -0.1) is 0 Å². The van der Waals surface area contributed by atoms with Crippen molar-refractivity contribution in [3.63, 3.8) is 0 Å². The summed E-state index contributed by atoms with van der Waals surface area (Å²) in [5.41, 5.74) is 2.08. The summed E-state index contributed by atoms with van der Waals surface area (Å²) in [6, 6.07) is 0. The second-order valence-corrected chi connectivity index (χ2v) is 2.80. The molecule has 0 saturated heterocycles. The number of aliphatic hydroxyl groups is 1. The van der Waals surface area contributed by atoms with E-state index >= 15 is 0 Å². The van der Waals surface area contributed by atoms with E-state index in [1.54, 1.807) is 6.08 Å². The largest absolute Gasteiger partial charge is 0.390 e. The van der Waals surface area contributed by atoms with Crippen molar-refractivity contribution in [1.82, 2.24) is 0 Å². The Balaban J connectivity index is 2.96. The predicted octanol–water partition coefficient (Wildman–Crippen LogP) is 2.01. The lowest BCUT2D eigenvalue weighted by Gasteiger charge is -2.03. The van der Waals surface area contributed by atoms with Gasteiger partial charge in [0.1, 0.15) is 0 Å². The first-order chi connectivity index (χ1) is 6.24. The van der Waals surface area contributed by atoms with Crippen molar-refractivity contribution >= 4 is 5.71 Å². The van der Waals surface area contributed by atoms with Crippen molar-refractivity contribution in [2.75, 3.05) is 6.61 Å². The van der Waals surface area contributed by atoms with Gasteiger partial charge in [0.15, 0.2) is 0 Å². The number of nitrogens with zero attached hydrogens (tertiary/aromatic N) is 1. The summed E-state index contributed by atoms with van der Waals surface area (Å²) in [5.74, 6) is 0. The van der Waals surface area contributed by atoms with Gasteiger partial charge in [0.05, 0.1) is 18.0 Å². The highest BCUT2D eigenvalue weighted by Crippen LogP contribution is 2.08. The van der Waals surface area contributed by atoms with Crippen molar-refractivity contribution in [3.05, 3.63) is 48.7 Å². The highest BCUT2D eigenvalue weighted by Gasteiger charge is 2.02. The van der Waals surface area contributed by atoms with Gasteiger partial charge in [-0.2, -0.15) is 0 Å². The van der Waals surface area contributed by atoms with Crippen molar-refractivity contribution in [2.24, 2.45) is 4.99 Å². The fourth-order valence-corrected chi connectivity index (χ4v) is 1.01. The maximum atomic E-state index is 9.01. The molecule has 13 heavy (non-hydrogen) atoms. The summed E-state index contributed by atoms with van der Waals surface area (Å²) < 4.78 is 0. The third kappa shape index (κ3) is 2.84. The maximum absolute atomic E-state index is 9.01. The van der Waals surface area contributed by atoms with Gasteiger partial charge in [0.2, 0.25) is 0 Å². The van der Waals surface area contributed by atoms with E-state index in [4.69, 9.17) is 5.11 Å². The highest BCUT2D eigenvalue weighted by molar-refractivity contribution is 6.01. The topological polar surface area (TPSA) is 32.6 Å². The van der Waals surface area contributed by atoms with Crippen LogP contribution < -0.4 is 0 Å². The van der Waals surface area contributed by atoms with Crippen LogP contribution in [0.5, 0.6) is 0 Å². The molecule has 0 spiro atoms. The fourth-order valence-electron chi connectivity index (χ4n) is 1.01. The van der Waals surface area contributed by atoms with Crippen LogP contribution in [0.15, 0.2) is 53.7 Å². The number of aliphatic imine (C=N–C) groups is 1. The second-order valence-electron chi connectivity index (χ2n) is 2.80. The summed E-state index contributed by atoms with van der Waals surface area (Å²) in [7, 11) is 0. The predicted molar refractivity (Wildman–Crippen MR) is 55.7 cm³/mol. The molecular formula is C11H13NO. The van der Waals surface area contributed by atoms with Crippen LogP contribution in [-0.2, 0) is 0 Å². The molecule has 68 valence electrons. The molecule has 0 amide bonds. The van der Waals surface area contributed by atoms with E-state index in [1.807, 2.05) is 18.2 Å². The van der Waals surface area contributed by atoms with E-state index in [1.165, 1.54) is 0 Å². The molecular weight excluding hydrogens is 162 g/mol. The second kappa shape index (κ2) is 4.58. The van der Waals surface area contributed by atoms with Crippen molar-refractivity contribution in [3.8, 4) is 0 Å². The summed E-state index contributed by atoms with van der Waals surface area (Å²) >= 11 is 0. The van der Waals surface area contributed by atoms with Gasteiger partial charge in [-0.25, -0.2) is 0 Å². The van der Waals surface area contributed by atoms with Crippen LogP contribution in [0.3, 0.4) is 0 Å². The lowest BCUT2D eigenvalue weighted by molar-refractivity contribution is 0.357. The summed E-state index contributed by atoms with van der Waals surface area (Å²) in [6.45, 7) is 7.48. The summed E-state index contributed by atoms with van der Waals surface area (Å²) in [4.78, 5) is 4.14. The van der Waals surface area contributed by atoms with Gasteiger partial charge in [-0.3, -0.25) is 4.99 Å². The van der Waals surface area contributed by atoms with E-state index < -0.39 is 0 Å². The first kappa shape index (κ1) is 9.68. The molecule has 0 aliphatic carbocycles. The van der Waals surface area contributed by atoms with Crippen molar-refractivity contribution < 1.29 is 5.11 Å². The molecule has 1 rings (SSSR count). The molecule has 2 heteroatoms. The van der Waals surface area contributed by atoms with Gasteiger partial charge in [0, 0.05) is 0 Å². The lowest BCUT2D eigenvalue weighted by atomic mass is 10.1. The molecule has 0 aromatic carbocycles. The maximum Gasteiger partial charge on any atom is 0.0855 e. The number of hydrogen-bond donors (Lipinski definition) is 1. The minimum Gasteiger partial charge on any atom is -0.390 e. The third-order valence-electron chi connectivity index (χ3n) is 1.74. The molecule has 0 unspecified atom stereocenters. The van der Waals surface area contributed by atoms with Gasteiger partial charge in [0.25, 0.3) is 0 Å². The lowest BCUT2D eigenvalue weighted by Crippen LogP contribution is -2.07. The van der Waals surface area contributed by atoms with Gasteiger partial charge < -0.3 is 5.11 Å². The Labute approximate surface area is 78.3 Å². The summed E-state index contributed by atoms with van der Waals surface area (Å²) in [6.07, 6.45) is 8.29. The van der Waals surface area contributed by atoms with Gasteiger partial charge in [-0.05, 0) is 18.1 Å². The Morgan fingerprint density at radius 1 is 1.38 bits per heavy atom. The van der Waals surface area contributed by atoms with Crippen LogP contribution in [0.2, 0.25) is 0 Å². The van der Waals surface area contributed by atoms with E-state index in [0.29, 0.717) is 11.4 Å². The standard InChI is InChI=1S/C11H13NO/c1-9-6-4-3-5-7-10(2)12-11(9)8-13/h3-5,7,13H,1-2,6,8H2/b4-3-,7-5-,12-11-. The molecule has 1 aliphatic heterocycles. The minimum atomic E-state index is -0.0838. The zero-order valence-electron chi connectivity index (χ0n) is 7.53. The molecule has 0 aromatic heterocycles. The number of allylic oxidation sites excluding steroid dienone is 4. The molecule has 1 aliphatic rings. The fraction of sp³-hybridized carbons (Fsp3) is 0.182. The molecule has 0 fully saturated rings. The van der Waals surface area contributed by atoms with Crippen LogP contribution in [0.1, 0.15) is 6.42 Å². The molecule has 1 heterocycles. The van der Waals surface area contributed by atoms with Crippen molar-refractivity contribution in [2.45, 2.75) is 6.42 Å². The highest BCUT2D eigenvalue weighted by atomic mass is 16.3. The average molecular weight is 175 g/mol. The minimum absolute atomic E-state index is 0.0838. The van der Waals surface area contributed by atoms with Gasteiger partial charge in [-0.1, -0.05) is 31.4 Å². The first-order valence-electron chi connectivity index (χ1n) is 4.12. The van der Waals surface area contributed by atoms with Crippen LogP contribution in [0.4, 0.5) is 0 Å². The zero-order chi connectivity index (χ0) is 9.68. The SMILES string of the molecule is C=C1/C=C\C=C/CC(=C)/C(CO)=N\1. The van der Waals surface area contributed by atoms with Crippen molar-refractivity contribution in [1.29, 1.82) is 0 Å². The number of rotatable bonds is 1. The van der Waals surface area contributed by atoms with E-state index in [9.17, 15) is 0 Å². The Bertz CT molecular complexity index is 308. The molecule has 0 aromatic rings. The molecule has 0 radical (unpaired) electrons. The van der Waals surface area contributed by atoms with Crippen LogP contribution >= 0.6 is 0 Å². The van der Waals surface area contributed by atoms with E-state index in [2.05, 4.69) is 18.2 Å². The monoisotopic (exact) mass is 175 g/mol. The first-order valence-corrected chi connectivity index (χ1v) is 4.12. The molecule has 2 nitrogen and oxygen atoms in total. The molecule has 0 bridgehead atoms. The summed E-state index contributed by atoms with van der Waals surface area (Å²) in [5, 5.41) is 9.01. The molecule has 0 atom stereocenters. The Morgan fingerprint density at radius 2 is 2.15 bits per heavy atom. The Hall–Kier alpha value is -1.41. The quantitative estimate of drug-likeness (QED) is 0.649. The van der Waals surface area contributed by atoms with E-state index in [0.717, 1.165) is 12.0 Å². The zero-order valence-corrected chi connectivity index (χ0v) is 7.53. The molecule has 1 N–H and O–H groups in total. The van der Waals surface area contributed by atoms with Gasteiger partial charge >= 0.3 is 0 Å². The smallest absolute Gasteiger partial charge is 0.0855 e.